The Hall–Kier alpha value is -0.650. The molecule has 3 N–H and O–H groups in total. The lowest BCUT2D eigenvalue weighted by Crippen LogP contribution is -2.56. The van der Waals surface area contributed by atoms with Crippen molar-refractivity contribution in [1.82, 2.24) is 4.90 Å². The number of aliphatic hydroxyl groups is 1. The van der Waals surface area contributed by atoms with Crippen molar-refractivity contribution in [1.29, 1.82) is 0 Å². The second-order valence-corrected chi connectivity index (χ2v) is 5.21. The van der Waals surface area contributed by atoms with Gasteiger partial charge in [0, 0.05) is 6.54 Å². The zero-order valence-corrected chi connectivity index (χ0v) is 10.9. The maximum atomic E-state index is 12.2. The first kappa shape index (κ1) is 14.4. The van der Waals surface area contributed by atoms with Gasteiger partial charge in [-0.2, -0.15) is 0 Å². The normalized spacial score (nSPS) is 27.3. The largest absolute Gasteiger partial charge is 0.394 e. The van der Waals surface area contributed by atoms with Crippen molar-refractivity contribution in [3.8, 4) is 0 Å². The first-order chi connectivity index (χ1) is 7.95. The summed E-state index contributed by atoms with van der Waals surface area (Å²) < 4.78 is 5.40. The number of amides is 1. The molecule has 2 unspecified atom stereocenters. The Labute approximate surface area is 103 Å². The Morgan fingerprint density at radius 1 is 1.59 bits per heavy atom. The Morgan fingerprint density at radius 2 is 2.24 bits per heavy atom. The standard InChI is InChI=1S/C12H24N2O3/c1-8(2)4-11(13)12(16)14-5-10(6-15)17-7-9(14)3/h8-11,15H,4-7,13H2,1-3H3/t9?,10?,11-/m0/s1. The van der Waals surface area contributed by atoms with E-state index in [-0.39, 0.29) is 24.7 Å². The molecule has 0 aromatic carbocycles. The van der Waals surface area contributed by atoms with Gasteiger partial charge in [0.05, 0.1) is 31.4 Å². The Balaban J connectivity index is 2.59. The monoisotopic (exact) mass is 244 g/mol. The Kier molecular flexibility index (Phi) is 5.36. The van der Waals surface area contributed by atoms with Crippen molar-refractivity contribution >= 4 is 5.91 Å². The van der Waals surface area contributed by atoms with Crippen LogP contribution in [0.1, 0.15) is 27.2 Å². The summed E-state index contributed by atoms with van der Waals surface area (Å²) in [6, 6.07) is -0.418. The molecular formula is C12H24N2O3. The van der Waals surface area contributed by atoms with E-state index in [0.717, 1.165) is 0 Å². The molecule has 1 rings (SSSR count). The minimum Gasteiger partial charge on any atom is -0.394 e. The van der Waals surface area contributed by atoms with Gasteiger partial charge >= 0.3 is 0 Å². The summed E-state index contributed by atoms with van der Waals surface area (Å²) in [5.74, 6) is 0.367. The van der Waals surface area contributed by atoms with Crippen LogP contribution in [-0.4, -0.2) is 53.9 Å². The SMILES string of the molecule is CC(C)C[C@H](N)C(=O)N1CC(CO)OCC1C. The topological polar surface area (TPSA) is 75.8 Å². The molecule has 0 spiro atoms. The zero-order chi connectivity index (χ0) is 13.0. The Bertz CT molecular complexity index is 258. The average molecular weight is 244 g/mol. The molecular weight excluding hydrogens is 220 g/mol. The summed E-state index contributed by atoms with van der Waals surface area (Å²) in [4.78, 5) is 13.9. The smallest absolute Gasteiger partial charge is 0.239 e. The van der Waals surface area contributed by atoms with Crippen LogP contribution in [0.25, 0.3) is 0 Å². The van der Waals surface area contributed by atoms with E-state index in [0.29, 0.717) is 25.5 Å². The number of hydrogen-bond acceptors (Lipinski definition) is 4. The number of aliphatic hydroxyl groups excluding tert-OH is 1. The predicted octanol–water partition coefficient (Wildman–Crippen LogP) is -0.0320. The van der Waals surface area contributed by atoms with E-state index in [2.05, 4.69) is 0 Å². The van der Waals surface area contributed by atoms with Crippen molar-refractivity contribution in [2.24, 2.45) is 11.7 Å². The number of morpholine rings is 1. The quantitative estimate of drug-likeness (QED) is 0.728. The highest BCUT2D eigenvalue weighted by Gasteiger charge is 2.31. The number of carbonyl (C=O) groups excluding carboxylic acids is 1. The summed E-state index contributed by atoms with van der Waals surface area (Å²) >= 11 is 0. The maximum absolute atomic E-state index is 12.2. The molecule has 1 saturated heterocycles. The lowest BCUT2D eigenvalue weighted by Gasteiger charge is -2.38. The van der Waals surface area contributed by atoms with Crippen molar-refractivity contribution in [2.45, 2.75) is 45.4 Å². The van der Waals surface area contributed by atoms with Crippen molar-refractivity contribution in [3.05, 3.63) is 0 Å². The average Bonchev–Trinajstić information content (AvgIpc) is 2.28. The van der Waals surface area contributed by atoms with Gasteiger partial charge in [0.15, 0.2) is 0 Å². The van der Waals surface area contributed by atoms with E-state index in [1.54, 1.807) is 4.90 Å². The third kappa shape index (κ3) is 3.94. The fourth-order valence-electron chi connectivity index (χ4n) is 2.06. The van der Waals surface area contributed by atoms with Gasteiger partial charge in [-0.05, 0) is 19.3 Å². The minimum absolute atomic E-state index is 0.0310. The molecule has 17 heavy (non-hydrogen) atoms. The van der Waals surface area contributed by atoms with E-state index in [1.165, 1.54) is 0 Å². The van der Waals surface area contributed by atoms with Gasteiger partial charge in [-0.3, -0.25) is 4.79 Å². The van der Waals surface area contributed by atoms with Gasteiger partial charge in [0.2, 0.25) is 5.91 Å². The van der Waals surface area contributed by atoms with Crippen LogP contribution < -0.4 is 5.73 Å². The van der Waals surface area contributed by atoms with Gasteiger partial charge in [0.1, 0.15) is 0 Å². The van der Waals surface area contributed by atoms with Crippen LogP contribution in [-0.2, 0) is 9.53 Å². The van der Waals surface area contributed by atoms with Gasteiger partial charge in [0.25, 0.3) is 0 Å². The molecule has 0 aromatic heterocycles. The molecule has 0 aromatic rings. The number of nitrogens with zero attached hydrogens (tertiary/aromatic N) is 1. The van der Waals surface area contributed by atoms with Crippen LogP contribution in [0.3, 0.4) is 0 Å². The molecule has 1 aliphatic rings. The number of hydrogen-bond donors (Lipinski definition) is 2. The summed E-state index contributed by atoms with van der Waals surface area (Å²) in [7, 11) is 0. The molecule has 5 heteroatoms. The van der Waals surface area contributed by atoms with Crippen LogP contribution in [0.2, 0.25) is 0 Å². The van der Waals surface area contributed by atoms with E-state index in [9.17, 15) is 4.79 Å². The number of rotatable bonds is 4. The Morgan fingerprint density at radius 3 is 2.76 bits per heavy atom. The van der Waals surface area contributed by atoms with Crippen LogP contribution >= 0.6 is 0 Å². The fourth-order valence-corrected chi connectivity index (χ4v) is 2.06. The van der Waals surface area contributed by atoms with Gasteiger partial charge in [-0.1, -0.05) is 13.8 Å². The molecule has 1 fully saturated rings. The van der Waals surface area contributed by atoms with E-state index in [4.69, 9.17) is 15.6 Å². The lowest BCUT2D eigenvalue weighted by molar-refractivity contribution is -0.147. The van der Waals surface area contributed by atoms with Crippen LogP contribution in [0.15, 0.2) is 0 Å². The summed E-state index contributed by atoms with van der Waals surface area (Å²) in [5.41, 5.74) is 5.90. The molecule has 1 amide bonds. The molecule has 0 saturated carbocycles. The molecule has 0 aliphatic carbocycles. The van der Waals surface area contributed by atoms with Crippen molar-refractivity contribution in [2.75, 3.05) is 19.8 Å². The van der Waals surface area contributed by atoms with E-state index >= 15 is 0 Å². The summed E-state index contributed by atoms with van der Waals surface area (Å²) in [5, 5.41) is 9.07. The third-order valence-corrected chi connectivity index (χ3v) is 3.03. The molecule has 1 heterocycles. The van der Waals surface area contributed by atoms with Crippen LogP contribution in [0, 0.1) is 5.92 Å². The highest BCUT2D eigenvalue weighted by atomic mass is 16.5. The predicted molar refractivity (Wildman–Crippen MR) is 65.4 cm³/mol. The van der Waals surface area contributed by atoms with E-state index < -0.39 is 6.04 Å². The second kappa shape index (κ2) is 6.33. The molecule has 100 valence electrons. The van der Waals surface area contributed by atoms with Crippen LogP contribution in [0.5, 0.6) is 0 Å². The molecule has 0 bridgehead atoms. The summed E-state index contributed by atoms with van der Waals surface area (Å²) in [6.07, 6.45) is 0.411. The van der Waals surface area contributed by atoms with E-state index in [1.807, 2.05) is 20.8 Å². The minimum atomic E-state index is -0.449. The van der Waals surface area contributed by atoms with Crippen molar-refractivity contribution < 1.29 is 14.6 Å². The number of ether oxygens (including phenoxy) is 1. The highest BCUT2D eigenvalue weighted by molar-refractivity contribution is 5.82. The second-order valence-electron chi connectivity index (χ2n) is 5.21. The number of nitrogens with two attached hydrogens (primary N) is 1. The van der Waals surface area contributed by atoms with Crippen LogP contribution in [0.4, 0.5) is 0 Å². The molecule has 5 nitrogen and oxygen atoms in total. The number of carbonyl (C=O) groups is 1. The fraction of sp³-hybridized carbons (Fsp3) is 0.917. The van der Waals surface area contributed by atoms with Crippen molar-refractivity contribution in [3.63, 3.8) is 0 Å². The van der Waals surface area contributed by atoms with Gasteiger partial charge in [-0.25, -0.2) is 0 Å². The first-order valence-corrected chi connectivity index (χ1v) is 6.24. The molecule has 3 atom stereocenters. The van der Waals surface area contributed by atoms with Gasteiger partial charge in [-0.15, -0.1) is 0 Å². The first-order valence-electron chi connectivity index (χ1n) is 6.24. The lowest BCUT2D eigenvalue weighted by atomic mass is 10.0. The maximum Gasteiger partial charge on any atom is 0.239 e. The third-order valence-electron chi connectivity index (χ3n) is 3.03. The zero-order valence-electron chi connectivity index (χ0n) is 10.9. The van der Waals surface area contributed by atoms with Gasteiger partial charge < -0.3 is 20.5 Å². The molecule has 1 aliphatic heterocycles. The highest BCUT2D eigenvalue weighted by Crippen LogP contribution is 2.14. The molecule has 0 radical (unpaired) electrons. The summed E-state index contributed by atoms with van der Waals surface area (Å²) in [6.45, 7) is 6.87.